The van der Waals surface area contributed by atoms with Crippen LogP contribution in [0.5, 0.6) is 0 Å². The van der Waals surface area contributed by atoms with Gasteiger partial charge in [0.15, 0.2) is 0 Å². The highest BCUT2D eigenvalue weighted by atomic mass is 35.5. The summed E-state index contributed by atoms with van der Waals surface area (Å²) in [7, 11) is 0. The molecule has 0 N–H and O–H groups in total. The Balaban J connectivity index is 2.52. The number of halogens is 1. The van der Waals surface area contributed by atoms with Crippen LogP contribution >= 0.6 is 11.6 Å². The van der Waals surface area contributed by atoms with Crippen LogP contribution in [-0.2, 0) is 11.2 Å². The monoisotopic (exact) mass is 211 g/mol. The molecule has 0 aliphatic heterocycles. The third-order valence-corrected chi connectivity index (χ3v) is 2.39. The molecular formula is C11H14ClNO. The number of hydrogen-bond donors (Lipinski definition) is 0. The minimum absolute atomic E-state index is 0.250. The van der Waals surface area contributed by atoms with E-state index in [1.54, 1.807) is 18.5 Å². The molecule has 0 spiro atoms. The van der Waals surface area contributed by atoms with Gasteiger partial charge in [-0.2, -0.15) is 0 Å². The van der Waals surface area contributed by atoms with Crippen molar-refractivity contribution in [1.29, 1.82) is 0 Å². The van der Waals surface area contributed by atoms with Gasteiger partial charge < -0.3 is 0 Å². The van der Waals surface area contributed by atoms with Crippen molar-refractivity contribution < 1.29 is 4.79 Å². The van der Waals surface area contributed by atoms with E-state index < -0.39 is 0 Å². The molecule has 0 saturated heterocycles. The van der Waals surface area contributed by atoms with Crippen LogP contribution in [0.15, 0.2) is 18.5 Å². The normalized spacial score (nSPS) is 10.1. The van der Waals surface area contributed by atoms with Gasteiger partial charge in [-0.15, -0.1) is 0 Å². The first-order chi connectivity index (χ1) is 6.74. The molecule has 0 unspecified atom stereocenters. The second-order valence-electron chi connectivity index (χ2n) is 3.29. The molecule has 1 aromatic rings. The third kappa shape index (κ3) is 3.46. The van der Waals surface area contributed by atoms with E-state index in [2.05, 4.69) is 11.9 Å². The first-order valence-corrected chi connectivity index (χ1v) is 5.22. The average Bonchev–Trinajstić information content (AvgIpc) is 2.18. The number of aromatic nitrogens is 1. The number of hydrogen-bond acceptors (Lipinski definition) is 2. The third-order valence-electron chi connectivity index (χ3n) is 2.05. The summed E-state index contributed by atoms with van der Waals surface area (Å²) in [5.74, 6) is 0.250. The Hall–Kier alpha value is -0.890. The molecule has 0 bridgehead atoms. The zero-order valence-electron chi connectivity index (χ0n) is 8.29. The number of carbonyl (C=O) groups is 1. The summed E-state index contributed by atoms with van der Waals surface area (Å²) in [5, 5.41) is 0.581. The predicted molar refractivity (Wildman–Crippen MR) is 57.5 cm³/mol. The molecule has 76 valence electrons. The maximum absolute atomic E-state index is 11.4. The smallest absolute Gasteiger partial charge is 0.137 e. The maximum Gasteiger partial charge on any atom is 0.137 e. The van der Waals surface area contributed by atoms with Gasteiger partial charge in [0.2, 0.25) is 0 Å². The minimum Gasteiger partial charge on any atom is -0.299 e. The van der Waals surface area contributed by atoms with Gasteiger partial charge in [0.1, 0.15) is 5.78 Å². The van der Waals surface area contributed by atoms with E-state index in [0.717, 1.165) is 18.4 Å². The zero-order valence-corrected chi connectivity index (χ0v) is 9.05. The van der Waals surface area contributed by atoms with E-state index in [-0.39, 0.29) is 5.78 Å². The quantitative estimate of drug-likeness (QED) is 0.750. The van der Waals surface area contributed by atoms with Crippen LogP contribution < -0.4 is 0 Å². The van der Waals surface area contributed by atoms with Crippen LogP contribution in [0.25, 0.3) is 0 Å². The molecule has 2 nitrogen and oxygen atoms in total. The van der Waals surface area contributed by atoms with Crippen LogP contribution in [0.1, 0.15) is 31.7 Å². The van der Waals surface area contributed by atoms with E-state index in [9.17, 15) is 4.79 Å². The van der Waals surface area contributed by atoms with E-state index in [0.29, 0.717) is 17.9 Å². The molecule has 1 rings (SSSR count). The number of Topliss-reactive ketones (excluding diaryl/α,β-unsaturated/α-hetero) is 1. The van der Waals surface area contributed by atoms with E-state index in [1.807, 2.05) is 0 Å². The summed E-state index contributed by atoms with van der Waals surface area (Å²) in [6, 6.07) is 1.80. The molecule has 0 saturated carbocycles. The summed E-state index contributed by atoms with van der Waals surface area (Å²) in [4.78, 5) is 15.3. The number of pyridine rings is 1. The second kappa shape index (κ2) is 5.76. The van der Waals surface area contributed by atoms with Crippen LogP contribution in [0, 0.1) is 0 Å². The van der Waals surface area contributed by atoms with E-state index in [1.165, 1.54) is 0 Å². The van der Waals surface area contributed by atoms with Gasteiger partial charge >= 0.3 is 0 Å². The summed E-state index contributed by atoms with van der Waals surface area (Å²) in [5.41, 5.74) is 0.878. The lowest BCUT2D eigenvalue weighted by atomic mass is 10.1. The molecular weight excluding hydrogens is 198 g/mol. The molecule has 1 heterocycles. The number of rotatable bonds is 5. The number of unbranched alkanes of at least 4 members (excludes halogenated alkanes) is 1. The van der Waals surface area contributed by atoms with Gasteiger partial charge in [0.05, 0.1) is 5.02 Å². The lowest BCUT2D eigenvalue weighted by Gasteiger charge is -2.01. The molecule has 14 heavy (non-hydrogen) atoms. The highest BCUT2D eigenvalue weighted by Crippen LogP contribution is 2.15. The van der Waals surface area contributed by atoms with Crippen LogP contribution in [0.4, 0.5) is 0 Å². The van der Waals surface area contributed by atoms with Gasteiger partial charge in [-0.1, -0.05) is 24.9 Å². The number of carbonyl (C=O) groups excluding carboxylic acids is 1. The van der Waals surface area contributed by atoms with Gasteiger partial charge in [-0.3, -0.25) is 9.78 Å². The topological polar surface area (TPSA) is 30.0 Å². The largest absolute Gasteiger partial charge is 0.299 e. The maximum atomic E-state index is 11.4. The fourth-order valence-corrected chi connectivity index (χ4v) is 1.41. The summed E-state index contributed by atoms with van der Waals surface area (Å²) >= 11 is 5.89. The Labute approximate surface area is 89.3 Å². The first kappa shape index (κ1) is 11.2. The molecule has 0 amide bonds. The van der Waals surface area contributed by atoms with Crippen molar-refractivity contribution in [3.05, 3.63) is 29.0 Å². The SMILES string of the molecule is CCCCC(=O)Cc1ccncc1Cl. The first-order valence-electron chi connectivity index (χ1n) is 4.84. The van der Waals surface area contributed by atoms with Crippen molar-refractivity contribution in [3.8, 4) is 0 Å². The summed E-state index contributed by atoms with van der Waals surface area (Å²) in [6.45, 7) is 2.08. The molecule has 1 aromatic heterocycles. The number of ketones is 1. The van der Waals surface area contributed by atoms with Crippen molar-refractivity contribution in [3.63, 3.8) is 0 Å². The Morgan fingerprint density at radius 3 is 3.00 bits per heavy atom. The van der Waals surface area contributed by atoms with Crippen molar-refractivity contribution in [1.82, 2.24) is 4.98 Å². The lowest BCUT2D eigenvalue weighted by molar-refractivity contribution is -0.118. The second-order valence-corrected chi connectivity index (χ2v) is 3.69. The van der Waals surface area contributed by atoms with Crippen LogP contribution in [0.2, 0.25) is 5.02 Å². The van der Waals surface area contributed by atoms with Gasteiger partial charge in [-0.25, -0.2) is 0 Å². The van der Waals surface area contributed by atoms with Crippen molar-refractivity contribution in [2.75, 3.05) is 0 Å². The van der Waals surface area contributed by atoms with Crippen LogP contribution in [0.3, 0.4) is 0 Å². The van der Waals surface area contributed by atoms with Crippen molar-refractivity contribution in [2.45, 2.75) is 32.6 Å². The molecule has 0 fully saturated rings. The molecule has 0 aliphatic carbocycles. The van der Waals surface area contributed by atoms with Crippen LogP contribution in [-0.4, -0.2) is 10.8 Å². The zero-order chi connectivity index (χ0) is 10.4. The highest BCUT2D eigenvalue weighted by Gasteiger charge is 2.05. The molecule has 0 aromatic carbocycles. The summed E-state index contributed by atoms with van der Waals surface area (Å²) in [6.07, 6.45) is 6.33. The van der Waals surface area contributed by atoms with Crippen molar-refractivity contribution in [2.24, 2.45) is 0 Å². The Bertz CT molecular complexity index is 312. The van der Waals surface area contributed by atoms with Gasteiger partial charge in [0, 0.05) is 25.2 Å². The minimum atomic E-state index is 0.250. The average molecular weight is 212 g/mol. The standard InChI is InChI=1S/C11H14ClNO/c1-2-3-4-10(14)7-9-5-6-13-8-11(9)12/h5-6,8H,2-4,7H2,1H3. The van der Waals surface area contributed by atoms with Crippen molar-refractivity contribution >= 4 is 17.4 Å². The predicted octanol–water partition coefficient (Wildman–Crippen LogP) is 3.04. The molecule has 3 heteroatoms. The molecule has 0 aliphatic rings. The molecule has 0 radical (unpaired) electrons. The lowest BCUT2D eigenvalue weighted by Crippen LogP contribution is -2.02. The van der Waals surface area contributed by atoms with Gasteiger partial charge in [0.25, 0.3) is 0 Å². The fourth-order valence-electron chi connectivity index (χ4n) is 1.22. The highest BCUT2D eigenvalue weighted by molar-refractivity contribution is 6.31. The molecule has 0 atom stereocenters. The fraction of sp³-hybridized carbons (Fsp3) is 0.455. The van der Waals surface area contributed by atoms with Gasteiger partial charge in [-0.05, 0) is 18.1 Å². The Morgan fingerprint density at radius 1 is 1.57 bits per heavy atom. The van der Waals surface area contributed by atoms with E-state index in [4.69, 9.17) is 11.6 Å². The van der Waals surface area contributed by atoms with E-state index >= 15 is 0 Å². The summed E-state index contributed by atoms with van der Waals surface area (Å²) < 4.78 is 0. The number of nitrogens with zero attached hydrogens (tertiary/aromatic N) is 1. The Kier molecular flexibility index (Phi) is 4.60. The Morgan fingerprint density at radius 2 is 2.36 bits per heavy atom.